The van der Waals surface area contributed by atoms with Gasteiger partial charge in [-0.2, -0.15) is 0 Å². The predicted octanol–water partition coefficient (Wildman–Crippen LogP) is 5.08. The van der Waals surface area contributed by atoms with Crippen molar-refractivity contribution < 1.29 is 9.53 Å². The van der Waals surface area contributed by atoms with E-state index in [1.54, 1.807) is 0 Å². The Morgan fingerprint density at radius 3 is 2.55 bits per heavy atom. The Hall–Kier alpha value is -3.57. The molecule has 5 heteroatoms. The summed E-state index contributed by atoms with van der Waals surface area (Å²) < 4.78 is 5.66. The van der Waals surface area contributed by atoms with Gasteiger partial charge in [-0.05, 0) is 42.7 Å². The van der Waals surface area contributed by atoms with Crippen molar-refractivity contribution in [1.29, 1.82) is 0 Å². The number of hydrogen-bond donors (Lipinski definition) is 3. The monoisotopic (exact) mass is 413 g/mol. The predicted molar refractivity (Wildman–Crippen MR) is 125 cm³/mol. The molecule has 5 nitrogen and oxygen atoms in total. The zero-order chi connectivity index (χ0) is 21.5. The first kappa shape index (κ1) is 20.7. The molecule has 0 radical (unpaired) electrons. The maximum absolute atomic E-state index is 13.2. The van der Waals surface area contributed by atoms with Crippen LogP contribution in [0.5, 0.6) is 5.75 Å². The lowest BCUT2D eigenvalue weighted by atomic mass is 10.0. The first-order valence-corrected chi connectivity index (χ1v) is 10.6. The molecule has 1 atom stereocenters. The van der Waals surface area contributed by atoms with Crippen LogP contribution in [0.2, 0.25) is 0 Å². The van der Waals surface area contributed by atoms with E-state index in [0.29, 0.717) is 24.6 Å². The minimum atomic E-state index is -0.471. The van der Waals surface area contributed by atoms with Crippen LogP contribution >= 0.6 is 0 Å². The molecular formula is C26H27N3O2. The highest BCUT2D eigenvalue weighted by molar-refractivity contribution is 5.96. The molecule has 0 fully saturated rings. The van der Waals surface area contributed by atoms with E-state index in [2.05, 4.69) is 27.8 Å². The van der Waals surface area contributed by atoms with Gasteiger partial charge < -0.3 is 20.4 Å². The van der Waals surface area contributed by atoms with Crippen molar-refractivity contribution in [3.05, 3.63) is 96.2 Å². The second-order valence-electron chi connectivity index (χ2n) is 7.33. The van der Waals surface area contributed by atoms with Crippen molar-refractivity contribution >= 4 is 22.5 Å². The van der Waals surface area contributed by atoms with Crippen molar-refractivity contribution in [3.8, 4) is 5.75 Å². The quantitative estimate of drug-likeness (QED) is 0.359. The second-order valence-corrected chi connectivity index (χ2v) is 7.33. The van der Waals surface area contributed by atoms with E-state index in [0.717, 1.165) is 17.5 Å². The molecule has 1 amide bonds. The molecule has 3 N–H and O–H groups in total. The number of para-hydroxylation sites is 3. The Morgan fingerprint density at radius 1 is 0.968 bits per heavy atom. The van der Waals surface area contributed by atoms with Crippen molar-refractivity contribution in [2.24, 2.45) is 0 Å². The molecule has 3 aromatic carbocycles. The fourth-order valence-electron chi connectivity index (χ4n) is 3.75. The van der Waals surface area contributed by atoms with E-state index in [4.69, 9.17) is 4.74 Å². The van der Waals surface area contributed by atoms with Gasteiger partial charge in [-0.15, -0.1) is 0 Å². The average Bonchev–Trinajstić information content (AvgIpc) is 3.22. The molecular weight excluding hydrogens is 386 g/mol. The SMILES string of the molecule is CCOc1ccccc1NC(=O)[C@@H](NCCc1c[nH]c2ccccc12)c1ccccc1. The highest BCUT2D eigenvalue weighted by Crippen LogP contribution is 2.25. The van der Waals surface area contributed by atoms with Crippen LogP contribution in [0.25, 0.3) is 10.9 Å². The molecule has 0 aliphatic carbocycles. The topological polar surface area (TPSA) is 66.2 Å². The highest BCUT2D eigenvalue weighted by Gasteiger charge is 2.21. The number of aromatic nitrogens is 1. The average molecular weight is 414 g/mol. The third-order valence-corrected chi connectivity index (χ3v) is 5.26. The Bertz CT molecular complexity index is 1140. The van der Waals surface area contributed by atoms with Crippen LogP contribution in [0.1, 0.15) is 24.1 Å². The molecule has 0 saturated heterocycles. The van der Waals surface area contributed by atoms with Crippen molar-refractivity contribution in [1.82, 2.24) is 10.3 Å². The lowest BCUT2D eigenvalue weighted by Crippen LogP contribution is -2.34. The summed E-state index contributed by atoms with van der Waals surface area (Å²) in [6.07, 6.45) is 2.86. The van der Waals surface area contributed by atoms with Gasteiger partial charge in [0.05, 0.1) is 12.3 Å². The van der Waals surface area contributed by atoms with Crippen LogP contribution < -0.4 is 15.4 Å². The first-order chi connectivity index (χ1) is 15.3. The van der Waals surface area contributed by atoms with Crippen LogP contribution in [-0.4, -0.2) is 24.0 Å². The van der Waals surface area contributed by atoms with Crippen LogP contribution in [0, 0.1) is 0 Å². The van der Waals surface area contributed by atoms with Gasteiger partial charge in [0.1, 0.15) is 11.8 Å². The molecule has 158 valence electrons. The zero-order valence-electron chi connectivity index (χ0n) is 17.6. The van der Waals surface area contributed by atoms with Gasteiger partial charge in [0.2, 0.25) is 5.91 Å². The third-order valence-electron chi connectivity index (χ3n) is 5.26. The molecule has 0 aliphatic heterocycles. The molecule has 0 aliphatic rings. The summed E-state index contributed by atoms with van der Waals surface area (Å²) in [6, 6.07) is 25.1. The minimum absolute atomic E-state index is 0.114. The number of nitrogens with one attached hydrogen (secondary N) is 3. The Kier molecular flexibility index (Phi) is 6.65. The number of rotatable bonds is 9. The summed E-state index contributed by atoms with van der Waals surface area (Å²) in [5.74, 6) is 0.557. The fourth-order valence-corrected chi connectivity index (χ4v) is 3.75. The van der Waals surface area contributed by atoms with Gasteiger partial charge in [-0.25, -0.2) is 0 Å². The van der Waals surface area contributed by atoms with Gasteiger partial charge in [-0.3, -0.25) is 4.79 Å². The number of benzene rings is 3. The largest absolute Gasteiger partial charge is 0.492 e. The lowest BCUT2D eigenvalue weighted by Gasteiger charge is -2.20. The van der Waals surface area contributed by atoms with E-state index in [1.165, 1.54) is 10.9 Å². The van der Waals surface area contributed by atoms with Crippen LogP contribution in [-0.2, 0) is 11.2 Å². The van der Waals surface area contributed by atoms with Gasteiger partial charge in [0.15, 0.2) is 0 Å². The Balaban J connectivity index is 1.49. The Morgan fingerprint density at radius 2 is 1.71 bits per heavy atom. The van der Waals surface area contributed by atoms with Crippen LogP contribution in [0.3, 0.4) is 0 Å². The van der Waals surface area contributed by atoms with Gasteiger partial charge in [-0.1, -0.05) is 60.7 Å². The maximum Gasteiger partial charge on any atom is 0.246 e. The third kappa shape index (κ3) is 4.95. The van der Waals surface area contributed by atoms with Gasteiger partial charge in [0.25, 0.3) is 0 Å². The number of hydrogen-bond acceptors (Lipinski definition) is 3. The summed E-state index contributed by atoms with van der Waals surface area (Å²) in [7, 11) is 0. The highest BCUT2D eigenvalue weighted by atomic mass is 16.5. The van der Waals surface area contributed by atoms with Crippen molar-refractivity contribution in [2.75, 3.05) is 18.5 Å². The number of fused-ring (bicyclic) bond motifs is 1. The normalized spacial score (nSPS) is 11.9. The molecule has 1 aromatic heterocycles. The lowest BCUT2D eigenvalue weighted by molar-refractivity contribution is -0.118. The molecule has 1 heterocycles. The summed E-state index contributed by atoms with van der Waals surface area (Å²) in [5.41, 5.74) is 3.96. The number of anilines is 1. The zero-order valence-corrected chi connectivity index (χ0v) is 17.6. The van der Waals surface area contributed by atoms with E-state index in [1.807, 2.05) is 79.9 Å². The fraction of sp³-hybridized carbons (Fsp3) is 0.192. The molecule has 0 spiro atoms. The van der Waals surface area contributed by atoms with Crippen LogP contribution in [0.4, 0.5) is 5.69 Å². The Labute approximate surface area is 182 Å². The van der Waals surface area contributed by atoms with Crippen molar-refractivity contribution in [2.45, 2.75) is 19.4 Å². The minimum Gasteiger partial charge on any atom is -0.492 e. The van der Waals surface area contributed by atoms with Gasteiger partial charge in [0, 0.05) is 23.6 Å². The summed E-state index contributed by atoms with van der Waals surface area (Å²) >= 11 is 0. The number of amides is 1. The van der Waals surface area contributed by atoms with Crippen LogP contribution in [0.15, 0.2) is 85.1 Å². The summed E-state index contributed by atoms with van der Waals surface area (Å²) in [5, 5.41) is 7.70. The number of aromatic amines is 1. The molecule has 0 unspecified atom stereocenters. The smallest absolute Gasteiger partial charge is 0.246 e. The maximum atomic E-state index is 13.2. The second kappa shape index (κ2) is 9.96. The summed E-state index contributed by atoms with van der Waals surface area (Å²) in [6.45, 7) is 3.14. The van der Waals surface area contributed by atoms with Gasteiger partial charge >= 0.3 is 0 Å². The molecule has 0 bridgehead atoms. The molecule has 31 heavy (non-hydrogen) atoms. The molecule has 4 rings (SSSR count). The number of H-pyrrole nitrogens is 1. The standard InChI is InChI=1S/C26H27N3O2/c1-2-31-24-15-9-8-14-23(24)29-26(30)25(19-10-4-3-5-11-19)27-17-16-20-18-28-22-13-7-6-12-21(20)22/h3-15,18,25,27-28H,2,16-17H2,1H3,(H,29,30)/t25-/m0/s1. The summed E-state index contributed by atoms with van der Waals surface area (Å²) in [4.78, 5) is 16.5. The molecule has 4 aromatic rings. The number of carbonyl (C=O) groups is 1. The first-order valence-electron chi connectivity index (χ1n) is 10.6. The number of ether oxygens (including phenoxy) is 1. The van der Waals surface area contributed by atoms with E-state index >= 15 is 0 Å². The van der Waals surface area contributed by atoms with Crippen molar-refractivity contribution in [3.63, 3.8) is 0 Å². The van der Waals surface area contributed by atoms with E-state index < -0.39 is 6.04 Å². The number of carbonyl (C=O) groups excluding carboxylic acids is 1. The van der Waals surface area contributed by atoms with E-state index in [-0.39, 0.29) is 5.91 Å². The molecule has 0 saturated carbocycles. The van der Waals surface area contributed by atoms with E-state index in [9.17, 15) is 4.79 Å².